The second-order valence-corrected chi connectivity index (χ2v) is 3.73. The van der Waals surface area contributed by atoms with Gasteiger partial charge in [0, 0.05) is 12.7 Å². The fourth-order valence-corrected chi connectivity index (χ4v) is 2.18. The number of hydrogen-bond donors (Lipinski definition) is 0. The Hall–Kier alpha value is 0.635. The Kier molecular flexibility index (Phi) is 10.5. The summed E-state index contributed by atoms with van der Waals surface area (Å²) >= 11 is 0. The summed E-state index contributed by atoms with van der Waals surface area (Å²) in [5, 5.41) is 0. The summed E-state index contributed by atoms with van der Waals surface area (Å²) < 4.78 is 5.41. The second kappa shape index (κ2) is 8.75. The van der Waals surface area contributed by atoms with Crippen molar-refractivity contribution >= 4 is 0 Å². The SMILES string of the molecule is [CH-]=CC(C=[CH-])(OC)C1CCCCC1.[Li+].[Li+]. The third kappa shape index (κ3) is 4.18. The third-order valence-corrected chi connectivity index (χ3v) is 3.12. The first kappa shape index (κ1) is 18.0. The molecule has 1 nitrogen and oxygen atoms in total. The average Bonchev–Trinajstić information content (AvgIpc) is 2.23. The molecule has 0 aromatic heterocycles. The minimum absolute atomic E-state index is 0. The molecule has 0 aliphatic heterocycles. The minimum Gasteiger partial charge on any atom is -0.515 e. The van der Waals surface area contributed by atoms with E-state index in [0.29, 0.717) is 5.92 Å². The molecule has 0 bridgehead atoms. The van der Waals surface area contributed by atoms with Gasteiger partial charge in [0.2, 0.25) is 0 Å². The summed E-state index contributed by atoms with van der Waals surface area (Å²) in [6, 6.07) is 0. The molecule has 0 radical (unpaired) electrons. The van der Waals surface area contributed by atoms with Gasteiger partial charge in [-0.1, -0.05) is 19.3 Å². The normalized spacial score (nSPS) is 20.3. The zero-order valence-electron chi connectivity index (χ0n) is 10.3. The first-order valence-electron chi connectivity index (χ1n) is 4.96. The van der Waals surface area contributed by atoms with Crippen molar-refractivity contribution in [1.29, 1.82) is 0 Å². The summed E-state index contributed by atoms with van der Waals surface area (Å²) in [5.74, 6) is 0.459. The molecule has 0 heterocycles. The Labute approximate surface area is 118 Å². The van der Waals surface area contributed by atoms with Gasteiger partial charge in [0.05, 0.1) is 0 Å². The molecule has 74 valence electrons. The fraction of sp³-hybridized carbons (Fsp3) is 0.667. The molecule has 0 N–H and O–H groups in total. The fourth-order valence-electron chi connectivity index (χ4n) is 2.18. The Bertz CT molecular complexity index is 178. The van der Waals surface area contributed by atoms with Gasteiger partial charge in [-0.3, -0.25) is 0 Å². The van der Waals surface area contributed by atoms with E-state index in [2.05, 4.69) is 0 Å². The van der Waals surface area contributed by atoms with E-state index in [0.717, 1.165) is 12.8 Å². The largest absolute Gasteiger partial charge is 1.00 e. The zero-order valence-corrected chi connectivity index (χ0v) is 10.3. The van der Waals surface area contributed by atoms with Gasteiger partial charge < -0.3 is 17.9 Å². The van der Waals surface area contributed by atoms with Crippen LogP contribution >= 0.6 is 0 Å². The quantitative estimate of drug-likeness (QED) is 0.339. The molecule has 15 heavy (non-hydrogen) atoms. The predicted octanol–water partition coefficient (Wildman–Crippen LogP) is -3.06. The standard InChI is InChI=1S/C12H18O.2Li/c1-4-12(5-2,13-3)11-9-7-6-8-10-11;;/h1-2,4-5,11H,6-10H2,3H3;;/q-2;2*+1. The summed E-state index contributed by atoms with van der Waals surface area (Å²) in [5.41, 5.74) is -0.500. The van der Waals surface area contributed by atoms with E-state index in [-0.39, 0.29) is 37.7 Å². The summed E-state index contributed by atoms with van der Waals surface area (Å²) in [6.07, 6.45) is 9.34. The number of methoxy groups -OCH3 is 1. The van der Waals surface area contributed by atoms with Crippen LogP contribution in [0.3, 0.4) is 0 Å². The van der Waals surface area contributed by atoms with Crippen LogP contribution in [0.4, 0.5) is 0 Å². The molecule has 1 fully saturated rings. The van der Waals surface area contributed by atoms with E-state index in [9.17, 15) is 0 Å². The average molecular weight is 192 g/mol. The van der Waals surface area contributed by atoms with Crippen molar-refractivity contribution in [3.63, 3.8) is 0 Å². The van der Waals surface area contributed by atoms with Crippen LogP contribution in [0.15, 0.2) is 12.2 Å². The number of hydrogen-bond acceptors (Lipinski definition) is 1. The molecule has 1 rings (SSSR count). The van der Waals surface area contributed by atoms with Crippen LogP contribution in [-0.4, -0.2) is 12.7 Å². The molecular formula is C12H18Li2O. The van der Waals surface area contributed by atoms with E-state index >= 15 is 0 Å². The number of ether oxygens (including phenoxy) is 1. The van der Waals surface area contributed by atoms with Crippen LogP contribution in [0, 0.1) is 19.1 Å². The Balaban J connectivity index is 0. The van der Waals surface area contributed by atoms with Crippen LogP contribution in [0.2, 0.25) is 0 Å². The smallest absolute Gasteiger partial charge is 0.515 e. The van der Waals surface area contributed by atoms with Crippen molar-refractivity contribution in [3.05, 3.63) is 25.3 Å². The number of rotatable bonds is 4. The van der Waals surface area contributed by atoms with Gasteiger partial charge in [-0.2, -0.15) is 0 Å². The van der Waals surface area contributed by atoms with Crippen LogP contribution in [0.5, 0.6) is 0 Å². The maximum Gasteiger partial charge on any atom is 1.00 e. The first-order valence-corrected chi connectivity index (χ1v) is 4.96. The predicted molar refractivity (Wildman–Crippen MR) is 54.1 cm³/mol. The zero-order chi connectivity index (χ0) is 9.73. The Morgan fingerprint density at radius 1 is 1.07 bits per heavy atom. The topological polar surface area (TPSA) is 9.23 Å². The summed E-state index contributed by atoms with van der Waals surface area (Å²) in [4.78, 5) is 0. The van der Waals surface area contributed by atoms with Gasteiger partial charge in [0.1, 0.15) is 0 Å². The van der Waals surface area contributed by atoms with Gasteiger partial charge in [0.25, 0.3) is 0 Å². The van der Waals surface area contributed by atoms with E-state index in [4.69, 9.17) is 17.9 Å². The molecule has 1 saturated carbocycles. The van der Waals surface area contributed by atoms with E-state index in [1.807, 2.05) is 0 Å². The molecular weight excluding hydrogens is 174 g/mol. The molecule has 0 aromatic carbocycles. The van der Waals surface area contributed by atoms with Crippen LogP contribution in [-0.2, 0) is 4.74 Å². The monoisotopic (exact) mass is 192 g/mol. The van der Waals surface area contributed by atoms with Crippen molar-refractivity contribution in [2.45, 2.75) is 37.7 Å². The van der Waals surface area contributed by atoms with Gasteiger partial charge >= 0.3 is 37.7 Å². The molecule has 0 atom stereocenters. The van der Waals surface area contributed by atoms with E-state index in [1.54, 1.807) is 19.3 Å². The van der Waals surface area contributed by atoms with Crippen molar-refractivity contribution in [2.75, 3.05) is 7.11 Å². The molecule has 3 heteroatoms. The van der Waals surface area contributed by atoms with Crippen molar-refractivity contribution in [3.8, 4) is 0 Å². The van der Waals surface area contributed by atoms with Crippen molar-refractivity contribution in [1.82, 2.24) is 0 Å². The van der Waals surface area contributed by atoms with E-state index < -0.39 is 5.60 Å². The third-order valence-electron chi connectivity index (χ3n) is 3.12. The molecule has 0 unspecified atom stereocenters. The molecule has 1 aliphatic carbocycles. The van der Waals surface area contributed by atoms with Gasteiger partial charge in [0.15, 0.2) is 0 Å². The maximum atomic E-state index is 5.60. The molecule has 0 aromatic rings. The first-order chi connectivity index (χ1) is 6.29. The van der Waals surface area contributed by atoms with E-state index in [1.165, 1.54) is 19.3 Å². The van der Waals surface area contributed by atoms with Crippen molar-refractivity contribution in [2.24, 2.45) is 5.92 Å². The Morgan fingerprint density at radius 2 is 1.53 bits per heavy atom. The van der Waals surface area contributed by atoms with Gasteiger partial charge in [-0.25, -0.2) is 12.2 Å². The maximum absolute atomic E-state index is 5.60. The van der Waals surface area contributed by atoms with Crippen molar-refractivity contribution < 1.29 is 42.5 Å². The van der Waals surface area contributed by atoms with Crippen LogP contribution < -0.4 is 37.7 Å². The van der Waals surface area contributed by atoms with Gasteiger partial charge in [-0.15, -0.1) is 0 Å². The minimum atomic E-state index is -0.500. The molecule has 0 amide bonds. The Morgan fingerprint density at radius 3 is 1.87 bits per heavy atom. The van der Waals surface area contributed by atoms with Crippen LogP contribution in [0.25, 0.3) is 0 Å². The summed E-state index contributed by atoms with van der Waals surface area (Å²) in [7, 11) is 1.67. The summed E-state index contributed by atoms with van der Waals surface area (Å²) in [6.45, 7) is 11.2. The van der Waals surface area contributed by atoms with Gasteiger partial charge in [-0.05, 0) is 18.8 Å². The second-order valence-electron chi connectivity index (χ2n) is 3.73. The molecule has 0 spiro atoms. The van der Waals surface area contributed by atoms with Crippen LogP contribution in [0.1, 0.15) is 32.1 Å². The molecule has 0 saturated heterocycles. The molecule has 1 aliphatic rings.